The van der Waals surface area contributed by atoms with Gasteiger partial charge in [-0.3, -0.25) is 9.48 Å². The summed E-state index contributed by atoms with van der Waals surface area (Å²) in [6.45, 7) is 3.70. The first kappa shape index (κ1) is 18.3. The van der Waals surface area contributed by atoms with E-state index in [1.165, 1.54) is 0 Å². The van der Waals surface area contributed by atoms with Gasteiger partial charge in [-0.05, 0) is 38.0 Å². The fourth-order valence-corrected chi connectivity index (χ4v) is 4.81. The Morgan fingerprint density at radius 3 is 2.70 bits per heavy atom. The summed E-state index contributed by atoms with van der Waals surface area (Å²) in [5, 5.41) is 6.02. The zero-order valence-electron chi connectivity index (χ0n) is 15.6. The highest BCUT2D eigenvalue weighted by Gasteiger charge is 2.28. The van der Waals surface area contributed by atoms with Crippen LogP contribution in [0.1, 0.15) is 29.0 Å². The van der Waals surface area contributed by atoms with Crippen molar-refractivity contribution in [3.05, 3.63) is 40.7 Å². The van der Waals surface area contributed by atoms with Crippen LogP contribution in [0.4, 0.5) is 5.13 Å². The van der Waals surface area contributed by atoms with E-state index in [0.717, 1.165) is 47.0 Å². The molecule has 27 heavy (non-hydrogen) atoms. The Hall–Kier alpha value is -2.12. The van der Waals surface area contributed by atoms with E-state index in [1.54, 1.807) is 16.0 Å². The summed E-state index contributed by atoms with van der Waals surface area (Å²) in [7, 11) is 3.74. The van der Waals surface area contributed by atoms with Crippen LogP contribution in [0.3, 0.4) is 0 Å². The molecule has 3 heterocycles. The fraction of sp³-hybridized carbons (Fsp3) is 0.421. The number of benzene rings is 1. The number of thiazole rings is 1. The third-order valence-corrected chi connectivity index (χ3v) is 6.68. The van der Waals surface area contributed by atoms with Crippen molar-refractivity contribution in [3.8, 4) is 0 Å². The number of amides is 1. The Balaban J connectivity index is 1.43. The summed E-state index contributed by atoms with van der Waals surface area (Å²) in [6.07, 6.45) is 1.83. The maximum Gasteiger partial charge on any atom is 0.274 e. The number of fused-ring (bicyclic) bond motifs is 1. The average Bonchev–Trinajstić information content (AvgIpc) is 3.25. The van der Waals surface area contributed by atoms with Crippen LogP contribution in [0.25, 0.3) is 10.2 Å². The molecule has 0 aliphatic carbocycles. The number of carbonyl (C=O) groups is 1. The van der Waals surface area contributed by atoms with E-state index in [4.69, 9.17) is 16.6 Å². The van der Waals surface area contributed by atoms with Crippen LogP contribution in [0, 0.1) is 6.92 Å². The molecule has 1 amide bonds. The van der Waals surface area contributed by atoms with Gasteiger partial charge in [-0.1, -0.05) is 29.0 Å². The smallest absolute Gasteiger partial charge is 0.274 e. The number of rotatable bonds is 3. The standard InChI is InChI=1S/C19H22ClN5OS/c1-12-11-15(22-24(12)3)18(26)23(2)13-7-9-25(10-8-13)19-21-17-14(20)5-4-6-16(17)27-19/h4-6,11,13H,7-10H2,1-3H3. The number of anilines is 1. The van der Waals surface area contributed by atoms with Gasteiger partial charge >= 0.3 is 0 Å². The molecule has 0 N–H and O–H groups in total. The zero-order chi connectivity index (χ0) is 19.1. The first-order valence-electron chi connectivity index (χ1n) is 9.02. The Kier molecular flexibility index (Phi) is 4.82. The Morgan fingerprint density at radius 2 is 2.07 bits per heavy atom. The minimum absolute atomic E-state index is 0.0103. The van der Waals surface area contributed by atoms with E-state index < -0.39 is 0 Å². The number of aryl methyl sites for hydroxylation is 2. The van der Waals surface area contributed by atoms with Crippen molar-refractivity contribution in [1.82, 2.24) is 19.7 Å². The molecular formula is C19H22ClN5OS. The second-order valence-corrected chi connectivity index (χ2v) is 8.43. The van der Waals surface area contributed by atoms with Gasteiger partial charge in [-0.2, -0.15) is 5.10 Å². The number of aromatic nitrogens is 3. The number of halogens is 1. The molecule has 0 saturated carbocycles. The number of carbonyl (C=O) groups excluding carboxylic acids is 1. The monoisotopic (exact) mass is 403 g/mol. The van der Waals surface area contributed by atoms with E-state index in [9.17, 15) is 4.79 Å². The van der Waals surface area contributed by atoms with Crippen molar-refractivity contribution in [2.45, 2.75) is 25.8 Å². The summed E-state index contributed by atoms with van der Waals surface area (Å²) in [4.78, 5) is 21.6. The minimum atomic E-state index is -0.0103. The molecule has 142 valence electrons. The SMILES string of the molecule is Cc1cc(C(=O)N(C)C2CCN(c3nc4c(Cl)cccc4s3)CC2)nn1C. The van der Waals surface area contributed by atoms with E-state index in [1.807, 2.05) is 44.1 Å². The van der Waals surface area contributed by atoms with Gasteiger partial charge in [-0.25, -0.2) is 4.98 Å². The van der Waals surface area contributed by atoms with Crippen LogP contribution >= 0.6 is 22.9 Å². The molecule has 1 aliphatic heterocycles. The summed E-state index contributed by atoms with van der Waals surface area (Å²) in [5.41, 5.74) is 2.37. The number of para-hydroxylation sites is 1. The molecular weight excluding hydrogens is 382 g/mol. The van der Waals surface area contributed by atoms with Crippen LogP contribution < -0.4 is 4.90 Å². The fourth-order valence-electron chi connectivity index (χ4n) is 3.49. The lowest BCUT2D eigenvalue weighted by Gasteiger charge is -2.36. The molecule has 0 atom stereocenters. The molecule has 1 saturated heterocycles. The molecule has 1 aromatic carbocycles. The highest BCUT2D eigenvalue weighted by atomic mass is 35.5. The topological polar surface area (TPSA) is 54.3 Å². The molecule has 1 fully saturated rings. The highest BCUT2D eigenvalue weighted by Crippen LogP contribution is 2.34. The third kappa shape index (κ3) is 3.41. The van der Waals surface area contributed by atoms with Gasteiger partial charge in [0.25, 0.3) is 5.91 Å². The number of nitrogens with zero attached hydrogens (tertiary/aromatic N) is 5. The lowest BCUT2D eigenvalue weighted by atomic mass is 10.0. The van der Waals surface area contributed by atoms with E-state index in [0.29, 0.717) is 10.7 Å². The average molecular weight is 404 g/mol. The van der Waals surface area contributed by atoms with E-state index >= 15 is 0 Å². The summed E-state index contributed by atoms with van der Waals surface area (Å²) < 4.78 is 2.85. The van der Waals surface area contributed by atoms with Gasteiger partial charge in [0.2, 0.25) is 0 Å². The second-order valence-electron chi connectivity index (χ2n) is 7.01. The predicted octanol–water partition coefficient (Wildman–Crippen LogP) is 3.73. The van der Waals surface area contributed by atoms with Gasteiger partial charge in [-0.15, -0.1) is 0 Å². The van der Waals surface area contributed by atoms with E-state index in [-0.39, 0.29) is 11.9 Å². The van der Waals surface area contributed by atoms with Crippen LogP contribution in [0.2, 0.25) is 5.02 Å². The van der Waals surface area contributed by atoms with Gasteiger partial charge in [0, 0.05) is 38.9 Å². The Morgan fingerprint density at radius 1 is 1.33 bits per heavy atom. The molecule has 6 nitrogen and oxygen atoms in total. The Bertz CT molecular complexity index is 970. The third-order valence-electron chi connectivity index (χ3n) is 5.29. The Labute approximate surface area is 167 Å². The van der Waals surface area contributed by atoms with E-state index in [2.05, 4.69) is 16.1 Å². The lowest BCUT2D eigenvalue weighted by molar-refractivity contribution is 0.0702. The molecule has 0 bridgehead atoms. The minimum Gasteiger partial charge on any atom is -0.348 e. The van der Waals surface area contributed by atoms with Crippen molar-refractivity contribution < 1.29 is 4.79 Å². The van der Waals surface area contributed by atoms with Gasteiger partial charge in [0.1, 0.15) is 5.52 Å². The highest BCUT2D eigenvalue weighted by molar-refractivity contribution is 7.22. The van der Waals surface area contributed by atoms with Crippen molar-refractivity contribution in [2.24, 2.45) is 7.05 Å². The molecule has 4 rings (SSSR count). The maximum absolute atomic E-state index is 12.7. The van der Waals surface area contributed by atoms with Crippen molar-refractivity contribution in [3.63, 3.8) is 0 Å². The van der Waals surface area contributed by atoms with Crippen molar-refractivity contribution in [2.75, 3.05) is 25.0 Å². The molecule has 0 unspecified atom stereocenters. The lowest BCUT2D eigenvalue weighted by Crippen LogP contribution is -2.45. The van der Waals surface area contributed by atoms with Crippen molar-refractivity contribution >= 4 is 44.2 Å². The van der Waals surface area contributed by atoms with Crippen LogP contribution in [0.5, 0.6) is 0 Å². The zero-order valence-corrected chi connectivity index (χ0v) is 17.2. The normalized spacial score (nSPS) is 15.5. The number of hydrogen-bond donors (Lipinski definition) is 0. The predicted molar refractivity (Wildman–Crippen MR) is 110 cm³/mol. The van der Waals surface area contributed by atoms with Gasteiger partial charge in [0.15, 0.2) is 10.8 Å². The van der Waals surface area contributed by atoms with Gasteiger partial charge < -0.3 is 9.80 Å². The van der Waals surface area contributed by atoms with Crippen LogP contribution in [0.15, 0.2) is 24.3 Å². The quantitative estimate of drug-likeness (QED) is 0.668. The molecule has 2 aromatic heterocycles. The molecule has 3 aromatic rings. The van der Waals surface area contributed by atoms with Crippen LogP contribution in [-0.2, 0) is 7.05 Å². The molecule has 0 spiro atoms. The summed E-state index contributed by atoms with van der Waals surface area (Å²) in [5.74, 6) is -0.0103. The summed E-state index contributed by atoms with van der Waals surface area (Å²) in [6, 6.07) is 7.95. The first-order valence-corrected chi connectivity index (χ1v) is 10.2. The number of hydrogen-bond acceptors (Lipinski definition) is 5. The molecule has 0 radical (unpaired) electrons. The largest absolute Gasteiger partial charge is 0.348 e. The summed E-state index contributed by atoms with van der Waals surface area (Å²) >= 11 is 7.93. The second kappa shape index (κ2) is 7.13. The van der Waals surface area contributed by atoms with Gasteiger partial charge in [0.05, 0.1) is 9.72 Å². The molecule has 1 aliphatic rings. The van der Waals surface area contributed by atoms with Crippen molar-refractivity contribution in [1.29, 1.82) is 0 Å². The first-order chi connectivity index (χ1) is 12.9. The van der Waals surface area contributed by atoms with Crippen LogP contribution in [-0.4, -0.2) is 51.8 Å². The number of piperidine rings is 1. The molecule has 8 heteroatoms. The maximum atomic E-state index is 12.7.